The molecule has 2 aromatic carbocycles. The van der Waals surface area contributed by atoms with Crippen LogP contribution in [0.25, 0.3) is 6.08 Å². The number of nitro groups is 1. The van der Waals surface area contributed by atoms with Crippen molar-refractivity contribution in [1.82, 2.24) is 0 Å². The molecule has 2 rings (SSSR count). The number of nitrogens with zero attached hydrogens (tertiary/aromatic N) is 2. The highest BCUT2D eigenvalue weighted by molar-refractivity contribution is 6.07. The number of carbonyl (C=O) groups is 2. The Morgan fingerprint density at radius 3 is 2.29 bits per heavy atom. The Morgan fingerprint density at radius 2 is 1.66 bits per heavy atom. The summed E-state index contributed by atoms with van der Waals surface area (Å²) < 4.78 is 6.14. The lowest BCUT2D eigenvalue weighted by Crippen LogP contribution is -3.00. The molecule has 208 valence electrons. The zero-order chi connectivity index (χ0) is 27.3. The highest BCUT2D eigenvalue weighted by Gasteiger charge is 2.20. The summed E-state index contributed by atoms with van der Waals surface area (Å²) in [6.45, 7) is 5.76. The second-order valence-electron chi connectivity index (χ2n) is 9.82. The van der Waals surface area contributed by atoms with Crippen LogP contribution in [0.15, 0.2) is 48.5 Å². The summed E-state index contributed by atoms with van der Waals surface area (Å²) in [5.74, 6) is 0.140. The van der Waals surface area contributed by atoms with Gasteiger partial charge in [-0.15, -0.1) is 0 Å². The average molecular weight is 546 g/mol. The van der Waals surface area contributed by atoms with Gasteiger partial charge in [-0.3, -0.25) is 19.7 Å². The molecule has 0 radical (unpaired) electrons. The number of nitrogens with one attached hydrogen (secondary N) is 1. The van der Waals surface area contributed by atoms with Crippen LogP contribution in [0, 0.1) is 10.1 Å². The number of carbonyl (C=O) groups excluding carboxylic acids is 2. The van der Waals surface area contributed by atoms with Crippen LogP contribution in [0.3, 0.4) is 0 Å². The SMILES string of the molecule is CCCCCCCC[N+](C)(C)CC(=O)Nc1ccc(C(=O)/C=C/c2cc([N+](=O)[O-])ccc2OCC)cc1.[Cl-]. The first-order valence-corrected chi connectivity index (χ1v) is 13.0. The van der Waals surface area contributed by atoms with Gasteiger partial charge in [-0.2, -0.15) is 0 Å². The van der Waals surface area contributed by atoms with Gasteiger partial charge in [0.15, 0.2) is 12.3 Å². The molecular weight excluding hydrogens is 506 g/mol. The van der Waals surface area contributed by atoms with E-state index in [9.17, 15) is 19.7 Å². The number of unbranched alkanes of at least 4 members (excludes halogenated alkanes) is 5. The van der Waals surface area contributed by atoms with Crippen LogP contribution in [-0.4, -0.2) is 54.9 Å². The van der Waals surface area contributed by atoms with Gasteiger partial charge >= 0.3 is 0 Å². The van der Waals surface area contributed by atoms with Gasteiger partial charge in [0.1, 0.15) is 5.75 Å². The Hall–Kier alpha value is -3.23. The number of amides is 1. The van der Waals surface area contributed by atoms with Crippen molar-refractivity contribution >= 4 is 29.1 Å². The van der Waals surface area contributed by atoms with Crippen molar-refractivity contribution in [2.24, 2.45) is 0 Å². The number of anilines is 1. The van der Waals surface area contributed by atoms with Gasteiger partial charge in [0.2, 0.25) is 0 Å². The van der Waals surface area contributed by atoms with Crippen molar-refractivity contribution in [2.45, 2.75) is 52.4 Å². The van der Waals surface area contributed by atoms with E-state index in [-0.39, 0.29) is 29.8 Å². The predicted molar refractivity (Wildman–Crippen MR) is 148 cm³/mol. The average Bonchev–Trinajstić information content (AvgIpc) is 2.85. The second-order valence-corrected chi connectivity index (χ2v) is 9.82. The smallest absolute Gasteiger partial charge is 0.279 e. The minimum Gasteiger partial charge on any atom is -1.00 e. The van der Waals surface area contributed by atoms with Gasteiger partial charge in [-0.1, -0.05) is 32.6 Å². The molecule has 0 bridgehead atoms. The van der Waals surface area contributed by atoms with Crippen LogP contribution in [-0.2, 0) is 4.79 Å². The van der Waals surface area contributed by atoms with Crippen LogP contribution in [0.4, 0.5) is 11.4 Å². The molecule has 38 heavy (non-hydrogen) atoms. The molecule has 9 heteroatoms. The second kappa shape index (κ2) is 16.6. The van der Waals surface area contributed by atoms with Gasteiger partial charge in [0.25, 0.3) is 11.6 Å². The molecule has 8 nitrogen and oxygen atoms in total. The van der Waals surface area contributed by atoms with E-state index in [1.54, 1.807) is 24.3 Å². The van der Waals surface area contributed by atoms with E-state index in [1.807, 2.05) is 6.92 Å². The van der Waals surface area contributed by atoms with E-state index in [0.717, 1.165) is 13.0 Å². The Labute approximate surface area is 232 Å². The Morgan fingerprint density at radius 1 is 1.00 bits per heavy atom. The molecule has 1 N–H and O–H groups in total. The van der Waals surface area contributed by atoms with E-state index in [2.05, 4.69) is 26.3 Å². The number of ether oxygens (including phenoxy) is 1. The summed E-state index contributed by atoms with van der Waals surface area (Å²) in [6, 6.07) is 11.0. The van der Waals surface area contributed by atoms with Gasteiger partial charge in [-0.05, 0) is 62.2 Å². The number of benzene rings is 2. The third-order valence-corrected chi connectivity index (χ3v) is 6.06. The molecule has 0 unspecified atom stereocenters. The minimum absolute atomic E-state index is 0. The highest BCUT2D eigenvalue weighted by atomic mass is 35.5. The maximum Gasteiger partial charge on any atom is 0.279 e. The number of halogens is 1. The maximum absolute atomic E-state index is 12.7. The van der Waals surface area contributed by atoms with E-state index >= 15 is 0 Å². The first-order valence-electron chi connectivity index (χ1n) is 13.0. The molecule has 0 aliphatic rings. The molecule has 0 atom stereocenters. The van der Waals surface area contributed by atoms with Crippen LogP contribution < -0.4 is 22.5 Å². The molecule has 0 fully saturated rings. The van der Waals surface area contributed by atoms with Crippen molar-refractivity contribution in [3.05, 3.63) is 69.8 Å². The Kier molecular flexibility index (Phi) is 14.3. The predicted octanol–water partition coefficient (Wildman–Crippen LogP) is 3.27. The van der Waals surface area contributed by atoms with E-state index in [4.69, 9.17) is 4.74 Å². The number of hydrogen-bond donors (Lipinski definition) is 1. The monoisotopic (exact) mass is 545 g/mol. The number of allylic oxidation sites excluding steroid dienone is 1. The molecule has 0 saturated carbocycles. The van der Waals surface area contributed by atoms with Crippen LogP contribution in [0.1, 0.15) is 68.3 Å². The third-order valence-electron chi connectivity index (χ3n) is 6.06. The van der Waals surface area contributed by atoms with E-state index in [0.29, 0.717) is 40.2 Å². The Balaban J connectivity index is 0.00000722. The molecular formula is C29H40ClN3O5. The minimum atomic E-state index is -0.490. The van der Waals surface area contributed by atoms with Crippen molar-refractivity contribution in [3.63, 3.8) is 0 Å². The fourth-order valence-electron chi connectivity index (χ4n) is 4.03. The molecule has 0 aliphatic heterocycles. The lowest BCUT2D eigenvalue weighted by atomic mass is 10.1. The molecule has 0 heterocycles. The zero-order valence-corrected chi connectivity index (χ0v) is 23.6. The van der Waals surface area contributed by atoms with E-state index in [1.165, 1.54) is 62.5 Å². The number of rotatable bonds is 16. The summed E-state index contributed by atoms with van der Waals surface area (Å²) in [6.07, 6.45) is 10.2. The Bertz CT molecular complexity index is 1080. The zero-order valence-electron chi connectivity index (χ0n) is 22.9. The normalized spacial score (nSPS) is 11.2. The number of ketones is 1. The summed E-state index contributed by atoms with van der Waals surface area (Å²) in [4.78, 5) is 35.8. The number of hydrogen-bond acceptors (Lipinski definition) is 5. The van der Waals surface area contributed by atoms with Gasteiger partial charge in [0, 0.05) is 28.9 Å². The van der Waals surface area contributed by atoms with E-state index < -0.39 is 4.92 Å². The van der Waals surface area contributed by atoms with Gasteiger partial charge < -0.3 is 26.9 Å². The first kappa shape index (κ1) is 32.8. The third kappa shape index (κ3) is 11.4. The standard InChI is InChI=1S/C29H39N3O5.ClH/c1-5-7-8-9-10-11-20-32(3,4)22-29(34)30-25-15-12-23(13-16-25)27(33)18-14-24-21-26(31(35)36)17-19-28(24)37-6-2;/h12-19,21H,5-11,20,22H2,1-4H3;1H/b18-14+;. The molecule has 0 saturated heterocycles. The largest absolute Gasteiger partial charge is 1.00 e. The summed E-state index contributed by atoms with van der Waals surface area (Å²) in [5, 5.41) is 14.0. The van der Waals surface area contributed by atoms with Crippen molar-refractivity contribution < 1.29 is 36.1 Å². The number of non-ortho nitro benzene ring substituents is 1. The summed E-state index contributed by atoms with van der Waals surface area (Å²) >= 11 is 0. The fourth-order valence-corrected chi connectivity index (χ4v) is 4.03. The number of quaternary nitrogens is 1. The molecule has 2 aromatic rings. The van der Waals surface area contributed by atoms with Gasteiger partial charge in [-0.25, -0.2) is 0 Å². The van der Waals surface area contributed by atoms with Crippen molar-refractivity contribution in [2.75, 3.05) is 39.1 Å². The first-order chi connectivity index (χ1) is 17.6. The number of likely N-dealkylation sites (N-methyl/N-ethyl adjacent to an activating group) is 1. The highest BCUT2D eigenvalue weighted by Crippen LogP contribution is 2.26. The quantitative estimate of drug-likeness (QED) is 0.0871. The lowest BCUT2D eigenvalue weighted by molar-refractivity contribution is -0.882. The lowest BCUT2D eigenvalue weighted by Gasteiger charge is -2.29. The topological polar surface area (TPSA) is 98.5 Å². The van der Waals surface area contributed by atoms with Crippen molar-refractivity contribution in [1.29, 1.82) is 0 Å². The van der Waals surface area contributed by atoms with Crippen LogP contribution in [0.2, 0.25) is 0 Å². The fraction of sp³-hybridized carbons (Fsp3) is 0.448. The summed E-state index contributed by atoms with van der Waals surface area (Å²) in [7, 11) is 4.13. The molecule has 1 amide bonds. The van der Waals surface area contributed by atoms with Gasteiger partial charge in [0.05, 0.1) is 32.2 Å². The number of nitro benzene ring substituents is 1. The van der Waals surface area contributed by atoms with Crippen LogP contribution >= 0.6 is 0 Å². The van der Waals surface area contributed by atoms with Crippen molar-refractivity contribution in [3.8, 4) is 5.75 Å². The molecule has 0 spiro atoms. The summed E-state index contributed by atoms with van der Waals surface area (Å²) in [5.41, 5.74) is 1.44. The molecule has 0 aliphatic carbocycles. The van der Waals surface area contributed by atoms with Crippen LogP contribution in [0.5, 0.6) is 5.75 Å². The molecule has 0 aromatic heterocycles. The maximum atomic E-state index is 12.7.